The molecule has 0 unspecified atom stereocenters. The van der Waals surface area contributed by atoms with Crippen molar-refractivity contribution in [3.8, 4) is 0 Å². The molecular weight excluding hydrogens is 721 g/mol. The number of nitrogens with one attached hydrogen (secondary N) is 1. The van der Waals surface area contributed by atoms with Crippen molar-refractivity contribution >= 4 is 50.7 Å². The molecule has 17 heteroatoms. The maximum atomic E-state index is 15.8. The Balaban J connectivity index is 1.78. The zero-order valence-corrected chi connectivity index (χ0v) is 24.4. The third-order valence-corrected chi connectivity index (χ3v) is 7.77. The van der Waals surface area contributed by atoms with Crippen molar-refractivity contribution in [1.29, 1.82) is 0 Å². The summed E-state index contributed by atoms with van der Waals surface area (Å²) in [4.78, 5) is 27.4. The van der Waals surface area contributed by atoms with Gasteiger partial charge in [0.15, 0.2) is 5.82 Å². The Morgan fingerprint density at radius 3 is 1.98 bits per heavy atom. The fraction of sp³-hybridized carbons (Fsp3) is 0.286. The molecule has 1 aliphatic carbocycles. The zero-order chi connectivity index (χ0) is 33.7. The largest absolute Gasteiger partial charge is 0.435 e. The Morgan fingerprint density at radius 1 is 0.867 bits per heavy atom. The van der Waals surface area contributed by atoms with E-state index in [2.05, 4.69) is 15.9 Å². The van der Waals surface area contributed by atoms with E-state index in [-0.39, 0.29) is 29.1 Å². The maximum absolute atomic E-state index is 15.8. The van der Waals surface area contributed by atoms with E-state index in [1.807, 2.05) is 0 Å². The van der Waals surface area contributed by atoms with Crippen LogP contribution in [-0.2, 0) is 11.8 Å². The second kappa shape index (κ2) is 12.1. The molecule has 0 aromatic heterocycles. The van der Waals surface area contributed by atoms with Crippen LogP contribution in [0.3, 0.4) is 0 Å². The van der Waals surface area contributed by atoms with Crippen molar-refractivity contribution in [3.05, 3.63) is 92.2 Å². The molecule has 0 bridgehead atoms. The molecule has 0 heterocycles. The third kappa shape index (κ3) is 6.76. The number of rotatable bonds is 7. The molecule has 0 aliphatic heterocycles. The van der Waals surface area contributed by atoms with Crippen LogP contribution < -0.4 is 10.2 Å². The van der Waals surface area contributed by atoms with Crippen molar-refractivity contribution in [1.82, 2.24) is 0 Å². The molecule has 0 radical (unpaired) electrons. The molecule has 0 saturated heterocycles. The standard InChI is InChI=1S/C28H17BrClF11N2O2/c29-18-11-14(25(32,27(36,37)38)28(39,40)41)10-17(26(33,34)35)22(18)42-23(44)16-5-3-7-20(21(16)31)43(12-13-8-9-13)24(45)15-4-1-2-6-19(15)30/h1-7,10-11,13H,8-9,12H2,(H,42,44). The summed E-state index contributed by atoms with van der Waals surface area (Å²) in [6.07, 6.45) is -17.8. The van der Waals surface area contributed by atoms with Gasteiger partial charge in [0.25, 0.3) is 11.8 Å². The van der Waals surface area contributed by atoms with E-state index in [0.29, 0.717) is 12.8 Å². The number of anilines is 2. The van der Waals surface area contributed by atoms with Gasteiger partial charge >= 0.3 is 24.2 Å². The molecule has 0 spiro atoms. The molecule has 1 N–H and O–H groups in total. The Bertz CT molecular complexity index is 1620. The highest BCUT2D eigenvalue weighted by Gasteiger charge is 2.73. The zero-order valence-electron chi connectivity index (χ0n) is 22.1. The smallest absolute Gasteiger partial charge is 0.320 e. The Labute approximate surface area is 260 Å². The normalized spacial score (nSPS) is 14.3. The number of benzene rings is 3. The highest BCUT2D eigenvalue weighted by Crippen LogP contribution is 2.55. The molecule has 1 fully saturated rings. The van der Waals surface area contributed by atoms with Gasteiger partial charge in [0.1, 0.15) is 0 Å². The average Bonchev–Trinajstić information content (AvgIpc) is 3.75. The number of halogens is 13. The Kier molecular flexibility index (Phi) is 9.25. The van der Waals surface area contributed by atoms with Gasteiger partial charge in [0.2, 0.25) is 0 Å². The van der Waals surface area contributed by atoms with Crippen molar-refractivity contribution in [3.63, 3.8) is 0 Å². The van der Waals surface area contributed by atoms with E-state index in [0.717, 1.165) is 23.1 Å². The SMILES string of the molecule is O=C(Nc1c(Br)cc(C(F)(C(F)(F)F)C(F)(F)F)cc1C(F)(F)F)c1cccc(N(CC2CC2)C(=O)c2ccccc2Cl)c1F. The lowest BCUT2D eigenvalue weighted by atomic mass is 9.92. The lowest BCUT2D eigenvalue weighted by Gasteiger charge is -2.31. The van der Waals surface area contributed by atoms with Crippen LogP contribution in [0.5, 0.6) is 0 Å². The minimum absolute atomic E-state index is 0.0132. The van der Waals surface area contributed by atoms with Crippen LogP contribution in [0.15, 0.2) is 59.1 Å². The number of amides is 2. The van der Waals surface area contributed by atoms with E-state index >= 15 is 4.39 Å². The molecule has 45 heavy (non-hydrogen) atoms. The number of alkyl halides is 10. The fourth-order valence-corrected chi connectivity index (χ4v) is 5.13. The highest BCUT2D eigenvalue weighted by atomic mass is 79.9. The highest BCUT2D eigenvalue weighted by molar-refractivity contribution is 9.10. The molecule has 3 aromatic carbocycles. The minimum Gasteiger partial charge on any atom is -0.320 e. The summed E-state index contributed by atoms with van der Waals surface area (Å²) < 4.78 is 150. The third-order valence-electron chi connectivity index (χ3n) is 6.81. The van der Waals surface area contributed by atoms with Gasteiger partial charge in [0, 0.05) is 16.6 Å². The summed E-state index contributed by atoms with van der Waals surface area (Å²) in [6, 6.07) is 7.86. The first kappa shape index (κ1) is 34.5. The first-order chi connectivity index (χ1) is 20.7. The second-order valence-corrected chi connectivity index (χ2v) is 11.2. The first-order valence-corrected chi connectivity index (χ1v) is 13.8. The van der Waals surface area contributed by atoms with Gasteiger partial charge in [0.05, 0.1) is 33.1 Å². The van der Waals surface area contributed by atoms with E-state index in [1.54, 1.807) is 5.32 Å². The lowest BCUT2D eigenvalue weighted by Crippen LogP contribution is -2.50. The number of nitrogens with zero attached hydrogens (tertiary/aromatic N) is 1. The van der Waals surface area contributed by atoms with Crippen LogP contribution in [0.25, 0.3) is 0 Å². The van der Waals surface area contributed by atoms with Crippen LogP contribution in [0.2, 0.25) is 5.02 Å². The molecular formula is C28H17BrClF11N2O2. The van der Waals surface area contributed by atoms with E-state index in [1.165, 1.54) is 24.3 Å². The van der Waals surface area contributed by atoms with E-state index < -0.39 is 80.4 Å². The number of hydrogen-bond acceptors (Lipinski definition) is 2. The van der Waals surface area contributed by atoms with Crippen LogP contribution in [0.1, 0.15) is 44.7 Å². The molecule has 2 amide bonds. The predicted octanol–water partition coefficient (Wildman–Crippen LogP) is 9.86. The first-order valence-electron chi connectivity index (χ1n) is 12.6. The Hall–Kier alpha value is -3.40. The lowest BCUT2D eigenvalue weighted by molar-refractivity contribution is -0.348. The van der Waals surface area contributed by atoms with Crippen LogP contribution in [0.4, 0.5) is 59.7 Å². The van der Waals surface area contributed by atoms with Crippen molar-refractivity contribution < 1.29 is 57.9 Å². The Morgan fingerprint density at radius 2 is 1.44 bits per heavy atom. The monoisotopic (exact) mass is 736 g/mol. The topological polar surface area (TPSA) is 49.4 Å². The maximum Gasteiger partial charge on any atom is 0.435 e. The summed E-state index contributed by atoms with van der Waals surface area (Å²) in [7, 11) is 0. The van der Waals surface area contributed by atoms with E-state index in [4.69, 9.17) is 11.6 Å². The van der Waals surface area contributed by atoms with Gasteiger partial charge in [-0.2, -0.15) is 39.5 Å². The van der Waals surface area contributed by atoms with Gasteiger partial charge < -0.3 is 10.2 Å². The number of carbonyl (C=O) groups excluding carboxylic acids is 2. The van der Waals surface area contributed by atoms with Crippen LogP contribution >= 0.6 is 27.5 Å². The van der Waals surface area contributed by atoms with Gasteiger partial charge in [-0.1, -0.05) is 29.8 Å². The molecule has 4 nitrogen and oxygen atoms in total. The quantitative estimate of drug-likeness (QED) is 0.246. The van der Waals surface area contributed by atoms with Crippen molar-refractivity contribution in [2.75, 3.05) is 16.8 Å². The second-order valence-electron chi connectivity index (χ2n) is 9.96. The summed E-state index contributed by atoms with van der Waals surface area (Å²) >= 11 is 8.50. The predicted molar refractivity (Wildman–Crippen MR) is 144 cm³/mol. The minimum atomic E-state index is -6.73. The van der Waals surface area contributed by atoms with Gasteiger partial charge in [-0.25, -0.2) is 8.78 Å². The molecule has 4 rings (SSSR count). The van der Waals surface area contributed by atoms with Crippen LogP contribution in [-0.4, -0.2) is 30.7 Å². The molecule has 3 aromatic rings. The summed E-state index contributed by atoms with van der Waals surface area (Å²) in [6.45, 7) is -0.0132. The summed E-state index contributed by atoms with van der Waals surface area (Å²) in [5.74, 6) is -3.80. The molecule has 1 saturated carbocycles. The number of hydrogen-bond donors (Lipinski definition) is 1. The molecule has 1 aliphatic rings. The summed E-state index contributed by atoms with van der Waals surface area (Å²) in [5, 5.41) is 1.66. The fourth-order valence-electron chi connectivity index (χ4n) is 4.36. The van der Waals surface area contributed by atoms with Crippen molar-refractivity contribution in [2.24, 2.45) is 5.92 Å². The van der Waals surface area contributed by atoms with Gasteiger partial charge in [-0.15, -0.1) is 0 Å². The molecule has 0 atom stereocenters. The number of carbonyl (C=O) groups is 2. The molecule has 242 valence electrons. The van der Waals surface area contributed by atoms with E-state index in [9.17, 15) is 53.5 Å². The van der Waals surface area contributed by atoms with Gasteiger partial charge in [-0.3, -0.25) is 9.59 Å². The van der Waals surface area contributed by atoms with Crippen molar-refractivity contribution in [2.45, 2.75) is 37.0 Å². The van der Waals surface area contributed by atoms with Gasteiger partial charge in [-0.05, 0) is 71.1 Å². The average molecular weight is 738 g/mol. The summed E-state index contributed by atoms with van der Waals surface area (Å²) in [5.41, 5.74) is -13.8. The van der Waals surface area contributed by atoms with Crippen LogP contribution in [0, 0.1) is 11.7 Å².